The number of amides is 2. The molecule has 31 heavy (non-hydrogen) atoms. The molecule has 0 aliphatic carbocycles. The van der Waals surface area contributed by atoms with Gasteiger partial charge in [-0.1, -0.05) is 13.8 Å². The molecule has 1 fully saturated rings. The molecule has 0 saturated carbocycles. The number of nitrogens with zero attached hydrogens (tertiary/aromatic N) is 4. The topological polar surface area (TPSA) is 96.8 Å². The molecule has 3 rings (SSSR count). The molecule has 2 amide bonds. The van der Waals surface area contributed by atoms with Crippen molar-refractivity contribution in [3.63, 3.8) is 0 Å². The number of hydrogen-bond acceptors (Lipinski definition) is 7. The number of ether oxygens (including phenoxy) is 1. The van der Waals surface area contributed by atoms with E-state index >= 15 is 0 Å². The molecule has 9 nitrogen and oxygen atoms in total. The van der Waals surface area contributed by atoms with Crippen LogP contribution in [0.15, 0.2) is 11.1 Å². The van der Waals surface area contributed by atoms with Crippen LogP contribution in [0.1, 0.15) is 35.5 Å². The highest BCUT2D eigenvalue weighted by atomic mass is 32.1. The van der Waals surface area contributed by atoms with Crippen LogP contribution in [0.5, 0.6) is 0 Å². The zero-order valence-corrected chi connectivity index (χ0v) is 19.3. The molecule has 1 saturated heterocycles. The summed E-state index contributed by atoms with van der Waals surface area (Å²) < 4.78 is 6.59. The van der Waals surface area contributed by atoms with Crippen molar-refractivity contribution in [3.8, 4) is 0 Å². The van der Waals surface area contributed by atoms with Crippen molar-refractivity contribution in [2.45, 2.75) is 33.7 Å². The number of morpholine rings is 1. The summed E-state index contributed by atoms with van der Waals surface area (Å²) in [6.07, 6.45) is 2.26. The minimum Gasteiger partial charge on any atom is -0.378 e. The van der Waals surface area contributed by atoms with Crippen molar-refractivity contribution < 1.29 is 14.3 Å². The SMILES string of the molecule is CCN(CC)CCCNC(=O)c1sc2ncn(CC(=O)N3CCOCC3)c(=O)c2c1C. The van der Waals surface area contributed by atoms with Crippen LogP contribution in [0.25, 0.3) is 10.2 Å². The van der Waals surface area contributed by atoms with Gasteiger partial charge in [-0.15, -0.1) is 11.3 Å². The molecular formula is C21H31N5O4S. The summed E-state index contributed by atoms with van der Waals surface area (Å²) in [5.74, 6) is -0.319. The second-order valence-corrected chi connectivity index (χ2v) is 8.54. The molecule has 1 N–H and O–H groups in total. The molecular weight excluding hydrogens is 418 g/mol. The lowest BCUT2D eigenvalue weighted by Crippen LogP contribution is -2.43. The first-order valence-electron chi connectivity index (χ1n) is 10.8. The van der Waals surface area contributed by atoms with Crippen molar-refractivity contribution in [1.82, 2.24) is 24.7 Å². The number of fused-ring (bicyclic) bond motifs is 1. The van der Waals surface area contributed by atoms with Crippen molar-refractivity contribution in [2.75, 3.05) is 52.5 Å². The first-order valence-corrected chi connectivity index (χ1v) is 11.6. The van der Waals surface area contributed by atoms with Gasteiger partial charge in [-0.05, 0) is 38.5 Å². The fourth-order valence-electron chi connectivity index (χ4n) is 3.67. The van der Waals surface area contributed by atoms with E-state index in [0.717, 1.165) is 26.1 Å². The van der Waals surface area contributed by atoms with Gasteiger partial charge in [-0.25, -0.2) is 4.98 Å². The molecule has 170 valence electrons. The zero-order chi connectivity index (χ0) is 22.4. The minimum atomic E-state index is -0.291. The number of hydrogen-bond donors (Lipinski definition) is 1. The molecule has 0 unspecified atom stereocenters. The lowest BCUT2D eigenvalue weighted by molar-refractivity contribution is -0.135. The fourth-order valence-corrected chi connectivity index (χ4v) is 4.73. The molecule has 0 atom stereocenters. The molecule has 0 spiro atoms. The number of rotatable bonds is 9. The fraction of sp³-hybridized carbons (Fsp3) is 0.619. The average Bonchev–Trinajstić information content (AvgIpc) is 3.13. The Morgan fingerprint density at radius 1 is 1.26 bits per heavy atom. The molecule has 1 aliphatic heterocycles. The predicted molar refractivity (Wildman–Crippen MR) is 121 cm³/mol. The normalized spacial score (nSPS) is 14.4. The van der Waals surface area contributed by atoms with E-state index in [0.29, 0.717) is 53.5 Å². The Bertz CT molecular complexity index is 976. The quantitative estimate of drug-likeness (QED) is 0.576. The molecule has 2 aromatic heterocycles. The molecule has 2 aromatic rings. The number of carbonyl (C=O) groups is 2. The maximum absolute atomic E-state index is 13.0. The second kappa shape index (κ2) is 10.8. The Labute approximate surface area is 186 Å². The number of nitrogens with one attached hydrogen (secondary N) is 1. The third-order valence-corrected chi connectivity index (χ3v) is 6.82. The van der Waals surface area contributed by atoms with Crippen LogP contribution in [-0.2, 0) is 16.1 Å². The maximum atomic E-state index is 13.0. The highest BCUT2D eigenvalue weighted by molar-refractivity contribution is 7.20. The molecule has 1 aliphatic rings. The number of thiophene rings is 1. The van der Waals surface area contributed by atoms with Gasteiger partial charge in [0.2, 0.25) is 5.91 Å². The first-order chi connectivity index (χ1) is 15.0. The summed E-state index contributed by atoms with van der Waals surface area (Å²) in [5.41, 5.74) is 0.327. The number of aromatic nitrogens is 2. The van der Waals surface area contributed by atoms with Crippen LogP contribution in [0.3, 0.4) is 0 Å². The van der Waals surface area contributed by atoms with Gasteiger partial charge < -0.3 is 19.9 Å². The Hall–Kier alpha value is -2.30. The molecule has 0 bridgehead atoms. The third-order valence-electron chi connectivity index (χ3n) is 5.62. The van der Waals surface area contributed by atoms with Gasteiger partial charge in [0.1, 0.15) is 11.4 Å². The number of carbonyl (C=O) groups excluding carboxylic acids is 2. The smallest absolute Gasteiger partial charge is 0.262 e. The van der Waals surface area contributed by atoms with Gasteiger partial charge >= 0.3 is 0 Å². The summed E-state index contributed by atoms with van der Waals surface area (Å²) in [7, 11) is 0. The molecule has 0 aromatic carbocycles. The predicted octanol–water partition coefficient (Wildman–Crippen LogP) is 1.09. The Kier molecular flexibility index (Phi) is 8.16. The van der Waals surface area contributed by atoms with Crippen molar-refractivity contribution in [2.24, 2.45) is 0 Å². The monoisotopic (exact) mass is 449 g/mol. The summed E-state index contributed by atoms with van der Waals surface area (Å²) in [6, 6.07) is 0. The van der Waals surface area contributed by atoms with Gasteiger partial charge in [-0.3, -0.25) is 19.0 Å². The molecule has 10 heteroatoms. The van der Waals surface area contributed by atoms with Gasteiger partial charge in [-0.2, -0.15) is 0 Å². The van der Waals surface area contributed by atoms with Crippen molar-refractivity contribution >= 4 is 33.4 Å². The molecule has 3 heterocycles. The van der Waals surface area contributed by atoms with E-state index in [1.54, 1.807) is 11.8 Å². The second-order valence-electron chi connectivity index (χ2n) is 7.54. The Morgan fingerprint density at radius 3 is 2.65 bits per heavy atom. The highest BCUT2D eigenvalue weighted by Gasteiger charge is 2.22. The van der Waals surface area contributed by atoms with Gasteiger partial charge in [0.15, 0.2) is 0 Å². The van der Waals surface area contributed by atoms with Crippen LogP contribution in [-0.4, -0.2) is 83.6 Å². The zero-order valence-electron chi connectivity index (χ0n) is 18.5. The van der Waals surface area contributed by atoms with E-state index in [-0.39, 0.29) is 23.9 Å². The Morgan fingerprint density at radius 2 is 1.97 bits per heavy atom. The van der Waals surface area contributed by atoms with Crippen molar-refractivity contribution in [1.29, 1.82) is 0 Å². The van der Waals surface area contributed by atoms with E-state index in [9.17, 15) is 14.4 Å². The van der Waals surface area contributed by atoms with Crippen LogP contribution in [0.4, 0.5) is 0 Å². The van der Waals surface area contributed by atoms with Gasteiger partial charge in [0, 0.05) is 19.6 Å². The van der Waals surface area contributed by atoms with Crippen LogP contribution in [0, 0.1) is 6.92 Å². The molecule has 0 radical (unpaired) electrons. The van der Waals surface area contributed by atoms with E-state index in [1.807, 2.05) is 0 Å². The highest BCUT2D eigenvalue weighted by Crippen LogP contribution is 2.26. The van der Waals surface area contributed by atoms with Gasteiger partial charge in [0.25, 0.3) is 11.5 Å². The first kappa shape index (κ1) is 23.4. The van der Waals surface area contributed by atoms with E-state index in [2.05, 4.69) is 29.0 Å². The standard InChI is InChI=1S/C21H31N5O4S/c1-4-24(5-2)8-6-7-22-19(28)18-15(3)17-20(31-18)23-14-26(21(17)29)13-16(27)25-9-11-30-12-10-25/h14H,4-13H2,1-3H3,(H,22,28). The van der Waals surface area contributed by atoms with Gasteiger partial charge in [0.05, 0.1) is 29.8 Å². The largest absolute Gasteiger partial charge is 0.378 e. The van der Waals surface area contributed by atoms with E-state index < -0.39 is 0 Å². The average molecular weight is 450 g/mol. The maximum Gasteiger partial charge on any atom is 0.262 e. The van der Waals surface area contributed by atoms with Crippen molar-refractivity contribution in [3.05, 3.63) is 27.1 Å². The summed E-state index contributed by atoms with van der Waals surface area (Å²) in [4.78, 5) is 47.6. The van der Waals surface area contributed by atoms with E-state index in [1.165, 1.54) is 22.2 Å². The van der Waals surface area contributed by atoms with Crippen LogP contribution in [0.2, 0.25) is 0 Å². The van der Waals surface area contributed by atoms with E-state index in [4.69, 9.17) is 4.74 Å². The summed E-state index contributed by atoms with van der Waals surface area (Å²) in [6.45, 7) is 11.5. The summed E-state index contributed by atoms with van der Waals surface area (Å²) in [5, 5.41) is 3.36. The minimum absolute atomic E-state index is 0.0655. The van der Waals surface area contributed by atoms with Crippen LogP contribution < -0.4 is 10.9 Å². The third kappa shape index (κ3) is 5.50. The lowest BCUT2D eigenvalue weighted by Gasteiger charge is -2.26. The lowest BCUT2D eigenvalue weighted by atomic mass is 10.2. The number of aryl methyl sites for hydroxylation is 1. The Balaban J connectivity index is 1.70. The van der Waals surface area contributed by atoms with Crippen LogP contribution >= 0.6 is 11.3 Å². The summed E-state index contributed by atoms with van der Waals surface area (Å²) >= 11 is 1.22.